The van der Waals surface area contributed by atoms with Crippen LogP contribution in [0.15, 0.2) is 53.0 Å². The second-order valence-corrected chi connectivity index (χ2v) is 5.97. The van der Waals surface area contributed by atoms with Gasteiger partial charge in [0.25, 0.3) is 5.91 Å². The highest BCUT2D eigenvalue weighted by molar-refractivity contribution is 9.10. The molecule has 0 radical (unpaired) electrons. The molecule has 0 saturated heterocycles. The van der Waals surface area contributed by atoms with E-state index in [0.29, 0.717) is 12.3 Å². The van der Waals surface area contributed by atoms with Gasteiger partial charge in [0.1, 0.15) is 5.75 Å². The van der Waals surface area contributed by atoms with Crippen LogP contribution in [-0.2, 0) is 11.3 Å². The summed E-state index contributed by atoms with van der Waals surface area (Å²) in [5, 5.41) is 6.21. The molecular weight excluding hydrogens is 356 g/mol. The maximum Gasteiger partial charge on any atom is 0.265 e. The lowest BCUT2D eigenvalue weighted by Crippen LogP contribution is -2.30. The first-order valence-electron chi connectivity index (χ1n) is 7.62. The van der Waals surface area contributed by atoms with Crippen molar-refractivity contribution in [3.8, 4) is 5.75 Å². The van der Waals surface area contributed by atoms with E-state index in [1.165, 1.54) is 0 Å². The summed E-state index contributed by atoms with van der Waals surface area (Å²) in [6.07, 6.45) is -0.596. The van der Waals surface area contributed by atoms with Crippen molar-refractivity contribution in [1.29, 1.82) is 0 Å². The van der Waals surface area contributed by atoms with Gasteiger partial charge in [0, 0.05) is 12.2 Å². The summed E-state index contributed by atoms with van der Waals surface area (Å²) in [4.78, 5) is 12.4. The number of rotatable bonds is 7. The Morgan fingerprint density at radius 3 is 2.61 bits per heavy atom. The van der Waals surface area contributed by atoms with Gasteiger partial charge < -0.3 is 15.4 Å². The van der Waals surface area contributed by atoms with Crippen LogP contribution in [-0.4, -0.2) is 18.6 Å². The number of hydrogen-bond acceptors (Lipinski definition) is 3. The normalized spacial score (nSPS) is 11.8. The molecule has 1 amide bonds. The Balaban J connectivity index is 2.02. The Hall–Kier alpha value is -1.85. The summed E-state index contributed by atoms with van der Waals surface area (Å²) in [5.74, 6) is 0.473. The molecule has 0 aliphatic rings. The molecule has 2 aromatic carbocycles. The summed E-state index contributed by atoms with van der Waals surface area (Å²) in [7, 11) is 0. The fourth-order valence-corrected chi connectivity index (χ4v) is 2.45. The number of para-hydroxylation sites is 2. The van der Waals surface area contributed by atoms with Gasteiger partial charge >= 0.3 is 0 Å². The number of ether oxygens (including phenoxy) is 1. The second-order valence-electron chi connectivity index (χ2n) is 5.12. The highest BCUT2D eigenvalue weighted by Gasteiger charge is 2.17. The molecule has 0 bridgehead atoms. The largest absolute Gasteiger partial charge is 0.480 e. The lowest BCUT2D eigenvalue weighted by Gasteiger charge is -2.17. The van der Waals surface area contributed by atoms with Crippen molar-refractivity contribution in [3.63, 3.8) is 0 Å². The quantitative estimate of drug-likeness (QED) is 0.768. The van der Waals surface area contributed by atoms with Gasteiger partial charge in [-0.2, -0.15) is 0 Å². The highest BCUT2D eigenvalue weighted by atomic mass is 79.9. The molecule has 1 atom stereocenters. The van der Waals surface area contributed by atoms with E-state index < -0.39 is 6.10 Å². The highest BCUT2D eigenvalue weighted by Crippen LogP contribution is 2.25. The molecule has 2 N–H and O–H groups in total. The number of hydrogen-bond donors (Lipinski definition) is 2. The first kappa shape index (κ1) is 17.5. The maximum absolute atomic E-state index is 12.4. The second kappa shape index (κ2) is 8.70. The Labute approximate surface area is 145 Å². The summed E-state index contributed by atoms with van der Waals surface area (Å²) in [6, 6.07) is 15.2. The molecule has 0 aliphatic heterocycles. The van der Waals surface area contributed by atoms with Gasteiger partial charge in [-0.15, -0.1) is 0 Å². The Morgan fingerprint density at radius 1 is 1.17 bits per heavy atom. The van der Waals surface area contributed by atoms with Gasteiger partial charge in [-0.05, 0) is 53.2 Å². The molecule has 0 saturated carbocycles. The maximum atomic E-state index is 12.4. The molecule has 0 fully saturated rings. The SMILES string of the molecule is CCNCc1ccccc1NC(=O)C(C)Oc1ccccc1Br. The van der Waals surface area contributed by atoms with Crippen LogP contribution in [0.3, 0.4) is 0 Å². The first-order chi connectivity index (χ1) is 11.1. The van der Waals surface area contributed by atoms with E-state index in [0.717, 1.165) is 22.3 Å². The zero-order valence-corrected chi connectivity index (χ0v) is 14.9. The number of halogens is 1. The average molecular weight is 377 g/mol. The molecule has 23 heavy (non-hydrogen) atoms. The smallest absolute Gasteiger partial charge is 0.265 e. The average Bonchev–Trinajstić information content (AvgIpc) is 2.56. The van der Waals surface area contributed by atoms with Crippen molar-refractivity contribution in [1.82, 2.24) is 5.32 Å². The lowest BCUT2D eigenvalue weighted by molar-refractivity contribution is -0.122. The van der Waals surface area contributed by atoms with Gasteiger partial charge in [0.15, 0.2) is 6.10 Å². The van der Waals surface area contributed by atoms with Gasteiger partial charge in [-0.1, -0.05) is 37.3 Å². The molecule has 2 rings (SSSR count). The number of carbonyl (C=O) groups is 1. The van der Waals surface area contributed by atoms with Crippen molar-refractivity contribution in [2.75, 3.05) is 11.9 Å². The molecular formula is C18H21BrN2O2. The molecule has 5 heteroatoms. The minimum absolute atomic E-state index is 0.176. The molecule has 0 aromatic heterocycles. The fraction of sp³-hybridized carbons (Fsp3) is 0.278. The Kier molecular flexibility index (Phi) is 6.62. The van der Waals surface area contributed by atoms with E-state index in [9.17, 15) is 4.79 Å². The van der Waals surface area contributed by atoms with Crippen molar-refractivity contribution >= 4 is 27.5 Å². The molecule has 0 aliphatic carbocycles. The van der Waals surface area contributed by atoms with Crippen LogP contribution in [0.25, 0.3) is 0 Å². The van der Waals surface area contributed by atoms with Crippen LogP contribution in [0.4, 0.5) is 5.69 Å². The molecule has 0 heterocycles. The van der Waals surface area contributed by atoms with E-state index in [2.05, 4.69) is 33.5 Å². The van der Waals surface area contributed by atoms with E-state index >= 15 is 0 Å². The number of anilines is 1. The van der Waals surface area contributed by atoms with Crippen molar-refractivity contribution in [3.05, 3.63) is 58.6 Å². The Morgan fingerprint density at radius 2 is 1.87 bits per heavy atom. The minimum atomic E-state index is -0.596. The molecule has 2 aromatic rings. The zero-order chi connectivity index (χ0) is 16.7. The topological polar surface area (TPSA) is 50.4 Å². The van der Waals surface area contributed by atoms with Crippen LogP contribution in [0.5, 0.6) is 5.75 Å². The molecule has 0 spiro atoms. The van der Waals surface area contributed by atoms with Crippen LogP contribution < -0.4 is 15.4 Å². The minimum Gasteiger partial charge on any atom is -0.480 e. The Bertz CT molecular complexity index is 661. The van der Waals surface area contributed by atoms with Crippen molar-refractivity contribution < 1.29 is 9.53 Å². The van der Waals surface area contributed by atoms with Gasteiger partial charge in [-0.3, -0.25) is 4.79 Å². The van der Waals surface area contributed by atoms with Crippen LogP contribution in [0, 0.1) is 0 Å². The number of benzene rings is 2. The third-order valence-corrected chi connectivity index (χ3v) is 4.01. The lowest BCUT2D eigenvalue weighted by atomic mass is 10.1. The van der Waals surface area contributed by atoms with Gasteiger partial charge in [0.2, 0.25) is 0 Å². The van der Waals surface area contributed by atoms with Crippen molar-refractivity contribution in [2.45, 2.75) is 26.5 Å². The first-order valence-corrected chi connectivity index (χ1v) is 8.41. The van der Waals surface area contributed by atoms with E-state index in [1.807, 2.05) is 48.5 Å². The third-order valence-electron chi connectivity index (χ3n) is 3.35. The van der Waals surface area contributed by atoms with Crippen LogP contribution >= 0.6 is 15.9 Å². The molecule has 4 nitrogen and oxygen atoms in total. The molecule has 1 unspecified atom stereocenters. The standard InChI is InChI=1S/C18H21BrN2O2/c1-3-20-12-14-8-4-6-10-16(14)21-18(22)13(2)23-17-11-7-5-9-15(17)19/h4-11,13,20H,3,12H2,1-2H3,(H,21,22). The zero-order valence-electron chi connectivity index (χ0n) is 13.3. The molecule has 122 valence electrons. The number of carbonyl (C=O) groups excluding carboxylic acids is 1. The van der Waals surface area contributed by atoms with E-state index in [1.54, 1.807) is 6.92 Å². The third kappa shape index (κ3) is 5.08. The summed E-state index contributed by atoms with van der Waals surface area (Å²) in [5.41, 5.74) is 1.86. The van der Waals surface area contributed by atoms with E-state index in [-0.39, 0.29) is 5.91 Å². The van der Waals surface area contributed by atoms with E-state index in [4.69, 9.17) is 4.74 Å². The summed E-state index contributed by atoms with van der Waals surface area (Å²) in [6.45, 7) is 5.38. The number of nitrogens with one attached hydrogen (secondary N) is 2. The van der Waals surface area contributed by atoms with Gasteiger partial charge in [0.05, 0.1) is 4.47 Å². The predicted molar refractivity (Wildman–Crippen MR) is 96.7 cm³/mol. The van der Waals surface area contributed by atoms with Gasteiger partial charge in [-0.25, -0.2) is 0 Å². The fourth-order valence-electron chi connectivity index (χ4n) is 2.07. The summed E-state index contributed by atoms with van der Waals surface area (Å²) < 4.78 is 6.55. The van der Waals surface area contributed by atoms with Crippen LogP contribution in [0.2, 0.25) is 0 Å². The van der Waals surface area contributed by atoms with Crippen molar-refractivity contribution in [2.24, 2.45) is 0 Å². The van der Waals surface area contributed by atoms with Crippen LogP contribution in [0.1, 0.15) is 19.4 Å². The monoisotopic (exact) mass is 376 g/mol. The number of amides is 1. The predicted octanol–water partition coefficient (Wildman–Crippen LogP) is 3.96. The summed E-state index contributed by atoms with van der Waals surface area (Å²) >= 11 is 3.42.